The first-order chi connectivity index (χ1) is 15.5. The molecule has 0 unspecified atom stereocenters. The molecule has 1 N–H and O–H groups in total. The molecule has 32 heavy (non-hydrogen) atoms. The third kappa shape index (κ3) is 3.98. The summed E-state index contributed by atoms with van der Waals surface area (Å²) in [5.74, 6) is 0.704. The molecule has 0 radical (unpaired) electrons. The van der Waals surface area contributed by atoms with Gasteiger partial charge in [-0.05, 0) is 54.8 Å². The molecule has 1 fully saturated rings. The fraction of sp³-hybridized carbons (Fsp3) is 0.250. The zero-order valence-corrected chi connectivity index (χ0v) is 19.0. The van der Waals surface area contributed by atoms with Crippen molar-refractivity contribution in [1.82, 2.24) is 13.9 Å². The predicted molar refractivity (Wildman–Crippen MR) is 127 cm³/mol. The maximum atomic E-state index is 13.4. The molecular weight excluding hydrogens is 444 g/mol. The quantitative estimate of drug-likeness (QED) is 0.380. The first-order valence-corrected chi connectivity index (χ1v) is 12.6. The fourth-order valence-corrected chi connectivity index (χ4v) is 5.89. The molecule has 0 saturated heterocycles. The van der Waals surface area contributed by atoms with Gasteiger partial charge in [-0.3, -0.25) is 0 Å². The molecule has 0 atom stereocenters. The molecule has 0 spiro atoms. The van der Waals surface area contributed by atoms with Gasteiger partial charge in [-0.25, -0.2) is 22.4 Å². The van der Waals surface area contributed by atoms with E-state index in [0.29, 0.717) is 22.7 Å². The summed E-state index contributed by atoms with van der Waals surface area (Å²) in [6, 6.07) is 16.1. The van der Waals surface area contributed by atoms with Crippen LogP contribution in [0, 0.1) is 0 Å². The number of nitrogens with zero attached hydrogens (tertiary/aromatic N) is 3. The average Bonchev–Trinajstić information content (AvgIpc) is 3.21. The third-order valence-electron chi connectivity index (χ3n) is 5.89. The lowest BCUT2D eigenvalue weighted by molar-refractivity contribution is 0.462. The van der Waals surface area contributed by atoms with E-state index in [-0.39, 0.29) is 4.90 Å². The Balaban J connectivity index is 1.61. The molecule has 4 aromatic rings. The maximum Gasteiger partial charge on any atom is 0.269 e. The maximum absolute atomic E-state index is 13.4. The molecular formula is C24H23ClN4O2S. The van der Waals surface area contributed by atoms with Crippen LogP contribution in [0.5, 0.6) is 0 Å². The number of rotatable bonds is 5. The lowest BCUT2D eigenvalue weighted by Crippen LogP contribution is -2.22. The van der Waals surface area contributed by atoms with Gasteiger partial charge in [0.25, 0.3) is 10.0 Å². The minimum Gasteiger partial charge on any atom is -0.367 e. The normalized spacial score (nSPS) is 15.2. The molecule has 164 valence electrons. The number of aromatic nitrogens is 3. The largest absolute Gasteiger partial charge is 0.367 e. The van der Waals surface area contributed by atoms with E-state index in [2.05, 4.69) is 15.3 Å². The van der Waals surface area contributed by atoms with Gasteiger partial charge in [-0.15, -0.1) is 0 Å². The third-order valence-corrected chi connectivity index (χ3v) is 7.75. The van der Waals surface area contributed by atoms with Crippen molar-refractivity contribution in [1.29, 1.82) is 0 Å². The van der Waals surface area contributed by atoms with Crippen molar-refractivity contribution in [3.05, 3.63) is 72.1 Å². The predicted octanol–water partition coefficient (Wildman–Crippen LogP) is 5.73. The van der Waals surface area contributed by atoms with E-state index in [9.17, 15) is 8.42 Å². The molecule has 5 rings (SSSR count). The van der Waals surface area contributed by atoms with Gasteiger partial charge in [0.2, 0.25) is 0 Å². The van der Waals surface area contributed by atoms with Crippen LogP contribution < -0.4 is 5.32 Å². The van der Waals surface area contributed by atoms with Gasteiger partial charge in [-0.1, -0.05) is 49.1 Å². The van der Waals surface area contributed by atoms with Crippen LogP contribution in [0.4, 0.5) is 5.82 Å². The Kier molecular flexibility index (Phi) is 5.61. The van der Waals surface area contributed by atoms with Crippen LogP contribution in [-0.4, -0.2) is 28.4 Å². The van der Waals surface area contributed by atoms with Crippen molar-refractivity contribution >= 4 is 38.5 Å². The molecule has 0 amide bonds. The monoisotopic (exact) mass is 466 g/mol. The number of hydrogen-bond donors (Lipinski definition) is 1. The summed E-state index contributed by atoms with van der Waals surface area (Å²) in [5, 5.41) is 4.60. The Bertz CT molecular complexity index is 1360. The van der Waals surface area contributed by atoms with Gasteiger partial charge >= 0.3 is 0 Å². The van der Waals surface area contributed by atoms with Crippen LogP contribution in [-0.2, 0) is 10.0 Å². The lowest BCUT2D eigenvalue weighted by atomic mass is 9.95. The number of halogens is 1. The highest BCUT2D eigenvalue weighted by molar-refractivity contribution is 7.90. The summed E-state index contributed by atoms with van der Waals surface area (Å²) >= 11 is 6.37. The SMILES string of the molecule is O=S(=O)(c1ccccc1)n1cc(-c2cc(Cl)nc(NC3CCCCC3)c2)c2cccnc21. The van der Waals surface area contributed by atoms with Crippen molar-refractivity contribution in [2.75, 3.05) is 5.32 Å². The van der Waals surface area contributed by atoms with E-state index in [1.54, 1.807) is 54.9 Å². The highest BCUT2D eigenvalue weighted by atomic mass is 35.5. The van der Waals surface area contributed by atoms with Gasteiger partial charge in [0.1, 0.15) is 11.0 Å². The first-order valence-electron chi connectivity index (χ1n) is 10.7. The number of nitrogens with one attached hydrogen (secondary N) is 1. The van der Waals surface area contributed by atoms with Crippen molar-refractivity contribution in [2.45, 2.75) is 43.0 Å². The summed E-state index contributed by atoms with van der Waals surface area (Å²) in [6.07, 6.45) is 9.14. The van der Waals surface area contributed by atoms with Crippen LogP contribution in [0.3, 0.4) is 0 Å². The number of fused-ring (bicyclic) bond motifs is 1. The van der Waals surface area contributed by atoms with Gasteiger partial charge in [0.05, 0.1) is 4.90 Å². The number of benzene rings is 1. The van der Waals surface area contributed by atoms with Crippen molar-refractivity contribution in [3.63, 3.8) is 0 Å². The summed E-state index contributed by atoms with van der Waals surface area (Å²) in [5.41, 5.74) is 1.91. The number of pyridine rings is 2. The summed E-state index contributed by atoms with van der Waals surface area (Å²) in [4.78, 5) is 9.04. The second-order valence-corrected chi connectivity index (χ2v) is 10.3. The summed E-state index contributed by atoms with van der Waals surface area (Å²) < 4.78 is 28.0. The first kappa shape index (κ1) is 21.0. The van der Waals surface area contributed by atoms with Crippen molar-refractivity contribution in [3.8, 4) is 11.1 Å². The zero-order valence-electron chi connectivity index (χ0n) is 17.4. The molecule has 3 aromatic heterocycles. The standard InChI is InChI=1S/C24H23ClN4O2S/c25-22-14-17(15-23(28-22)27-18-8-3-1-4-9-18)21-16-29(24-20(21)12-7-13-26-24)32(30,31)19-10-5-2-6-11-19/h2,5-7,10-16,18H,1,3-4,8-9H2,(H,27,28). The van der Waals surface area contributed by atoms with Crippen molar-refractivity contribution < 1.29 is 8.42 Å². The molecule has 6 nitrogen and oxygen atoms in total. The van der Waals surface area contributed by atoms with E-state index in [1.165, 1.54) is 23.2 Å². The smallest absolute Gasteiger partial charge is 0.269 e. The van der Waals surface area contributed by atoms with Gasteiger partial charge in [0, 0.05) is 29.4 Å². The molecule has 8 heteroatoms. The van der Waals surface area contributed by atoms with Crippen LogP contribution in [0.25, 0.3) is 22.2 Å². The van der Waals surface area contributed by atoms with E-state index in [1.807, 2.05) is 12.1 Å². The minimum atomic E-state index is -3.81. The highest BCUT2D eigenvalue weighted by Crippen LogP contribution is 2.34. The van der Waals surface area contributed by atoms with Crippen LogP contribution in [0.15, 0.2) is 71.9 Å². The van der Waals surface area contributed by atoms with E-state index < -0.39 is 10.0 Å². The second-order valence-electron chi connectivity index (χ2n) is 8.07. The molecule has 1 aliphatic rings. The zero-order chi connectivity index (χ0) is 22.1. The van der Waals surface area contributed by atoms with Crippen LogP contribution in [0.1, 0.15) is 32.1 Å². The van der Waals surface area contributed by atoms with Crippen molar-refractivity contribution in [2.24, 2.45) is 0 Å². The second kappa shape index (κ2) is 8.56. The van der Waals surface area contributed by atoms with E-state index in [0.717, 1.165) is 29.4 Å². The average molecular weight is 467 g/mol. The van der Waals surface area contributed by atoms with Gasteiger partial charge in [0.15, 0.2) is 5.65 Å². The van der Waals surface area contributed by atoms with Crippen LogP contribution in [0.2, 0.25) is 5.15 Å². The number of anilines is 1. The molecule has 1 aliphatic carbocycles. The molecule has 1 aromatic carbocycles. The Labute approximate surface area is 192 Å². The molecule has 3 heterocycles. The topological polar surface area (TPSA) is 76.9 Å². The van der Waals surface area contributed by atoms with Crippen LogP contribution >= 0.6 is 11.6 Å². The highest BCUT2D eigenvalue weighted by Gasteiger charge is 2.23. The molecule has 1 saturated carbocycles. The fourth-order valence-electron chi connectivity index (χ4n) is 4.33. The number of hydrogen-bond acceptors (Lipinski definition) is 5. The lowest BCUT2D eigenvalue weighted by Gasteiger charge is -2.23. The Morgan fingerprint density at radius 2 is 1.78 bits per heavy atom. The van der Waals surface area contributed by atoms with E-state index in [4.69, 9.17) is 11.6 Å². The van der Waals surface area contributed by atoms with Gasteiger partial charge < -0.3 is 5.32 Å². The summed E-state index contributed by atoms with van der Waals surface area (Å²) in [6.45, 7) is 0. The Hall–Kier alpha value is -2.90. The molecule has 0 aliphatic heterocycles. The van der Waals surface area contributed by atoms with E-state index >= 15 is 0 Å². The Morgan fingerprint density at radius 1 is 1.00 bits per heavy atom. The summed E-state index contributed by atoms with van der Waals surface area (Å²) in [7, 11) is -3.81. The minimum absolute atomic E-state index is 0.210. The molecule has 0 bridgehead atoms. The Morgan fingerprint density at radius 3 is 2.56 bits per heavy atom. The van der Waals surface area contributed by atoms with Gasteiger partial charge in [-0.2, -0.15) is 0 Å².